The predicted molar refractivity (Wildman–Crippen MR) is 94.9 cm³/mol. The van der Waals surface area contributed by atoms with Crippen LogP contribution in [0.15, 0.2) is 14.4 Å². The first-order valence-electron chi connectivity index (χ1n) is 8.78. The highest BCUT2D eigenvalue weighted by Crippen LogP contribution is 2.15. The Balaban J connectivity index is 1.87. The third-order valence-corrected chi connectivity index (χ3v) is 7.59. The maximum Gasteiger partial charge on any atom is 0.500 e. The molecule has 3 rings (SSSR count). The molecule has 0 saturated carbocycles. The summed E-state index contributed by atoms with van der Waals surface area (Å²) in [6.07, 6.45) is 0.0969. The van der Waals surface area contributed by atoms with Crippen molar-refractivity contribution in [3.63, 3.8) is 0 Å². The van der Waals surface area contributed by atoms with E-state index >= 15 is 0 Å². The van der Waals surface area contributed by atoms with E-state index < -0.39 is 25.9 Å². The lowest BCUT2D eigenvalue weighted by molar-refractivity contribution is 0.122. The van der Waals surface area contributed by atoms with Crippen molar-refractivity contribution in [1.82, 2.24) is 13.7 Å². The van der Waals surface area contributed by atoms with Gasteiger partial charge in [-0.25, -0.2) is 28.1 Å². The molecule has 152 valence electrons. The zero-order valence-corrected chi connectivity index (χ0v) is 16.7. The summed E-state index contributed by atoms with van der Waals surface area (Å²) in [7, 11) is 1.70. The molecule has 0 aromatic carbocycles. The molecule has 2 fully saturated rings. The van der Waals surface area contributed by atoms with Gasteiger partial charge in [0.2, 0.25) is 0 Å². The van der Waals surface area contributed by atoms with Crippen molar-refractivity contribution in [3.05, 3.63) is 31.5 Å². The van der Waals surface area contributed by atoms with Crippen molar-refractivity contribution >= 4 is 8.80 Å². The van der Waals surface area contributed by atoms with E-state index in [0.717, 1.165) is 13.7 Å². The van der Waals surface area contributed by atoms with Crippen LogP contribution < -0.4 is 17.1 Å². The van der Waals surface area contributed by atoms with Gasteiger partial charge in [-0.3, -0.25) is 0 Å². The van der Waals surface area contributed by atoms with E-state index in [9.17, 15) is 14.4 Å². The molecule has 0 radical (unpaired) electrons. The van der Waals surface area contributed by atoms with Crippen LogP contribution in [0, 0.1) is 0 Å². The summed E-state index contributed by atoms with van der Waals surface area (Å²) in [5.41, 5.74) is -1.89. The highest BCUT2D eigenvalue weighted by molar-refractivity contribution is 6.60. The van der Waals surface area contributed by atoms with E-state index in [2.05, 4.69) is 0 Å². The highest BCUT2D eigenvalue weighted by atomic mass is 28.4. The number of rotatable bonds is 11. The molecule has 0 bridgehead atoms. The fraction of sp³-hybridized carbons (Fsp3) is 0.800. The Morgan fingerprint density at radius 2 is 1.26 bits per heavy atom. The number of epoxide rings is 2. The molecule has 0 aliphatic carbocycles. The van der Waals surface area contributed by atoms with Gasteiger partial charge in [0.15, 0.2) is 0 Å². The lowest BCUT2D eigenvalue weighted by Gasteiger charge is -2.24. The summed E-state index contributed by atoms with van der Waals surface area (Å²) in [6.45, 7) is 1.40. The molecular weight excluding hydrogens is 378 g/mol. The maximum absolute atomic E-state index is 12.7. The van der Waals surface area contributed by atoms with Gasteiger partial charge in [-0.1, -0.05) is 0 Å². The molecule has 12 heteroatoms. The van der Waals surface area contributed by atoms with Gasteiger partial charge in [-0.15, -0.1) is 0 Å². The second-order valence-electron chi connectivity index (χ2n) is 6.53. The van der Waals surface area contributed by atoms with Gasteiger partial charge in [0.1, 0.15) is 0 Å². The third kappa shape index (κ3) is 4.47. The number of ether oxygens (including phenoxy) is 2. The Kier molecular flexibility index (Phi) is 6.13. The normalized spacial score (nSPS) is 21.4. The molecule has 2 saturated heterocycles. The third-order valence-electron chi connectivity index (χ3n) is 4.76. The minimum absolute atomic E-state index is 0.125. The molecule has 3 heterocycles. The molecule has 2 aliphatic heterocycles. The molecule has 1 aromatic heterocycles. The fourth-order valence-electron chi connectivity index (χ4n) is 2.95. The Morgan fingerprint density at radius 1 is 0.852 bits per heavy atom. The SMILES string of the molecule is CO[Si](CCCn1c(=O)n(CC2CO2)c(=O)n(CC2CO2)c1=O)(OC)OC. The summed E-state index contributed by atoms with van der Waals surface area (Å²) in [5.74, 6) is 0. The second kappa shape index (κ2) is 8.20. The van der Waals surface area contributed by atoms with Crippen LogP contribution in [-0.4, -0.2) is 69.3 Å². The van der Waals surface area contributed by atoms with Crippen LogP contribution in [0.1, 0.15) is 6.42 Å². The van der Waals surface area contributed by atoms with Gasteiger partial charge < -0.3 is 22.8 Å². The summed E-state index contributed by atoms with van der Waals surface area (Å²) < 4.78 is 29.5. The largest absolute Gasteiger partial charge is 0.500 e. The lowest BCUT2D eigenvalue weighted by Crippen LogP contribution is -2.55. The summed E-state index contributed by atoms with van der Waals surface area (Å²) in [6, 6.07) is 0.430. The lowest BCUT2D eigenvalue weighted by atomic mass is 10.4. The first-order chi connectivity index (χ1) is 12.9. The van der Waals surface area contributed by atoms with Crippen molar-refractivity contribution in [1.29, 1.82) is 0 Å². The Labute approximate surface area is 156 Å². The highest BCUT2D eigenvalue weighted by Gasteiger charge is 2.37. The van der Waals surface area contributed by atoms with Gasteiger partial charge in [0.05, 0.1) is 38.5 Å². The van der Waals surface area contributed by atoms with Crippen LogP contribution in [0.2, 0.25) is 6.04 Å². The van der Waals surface area contributed by atoms with Gasteiger partial charge in [-0.05, 0) is 6.42 Å². The molecule has 2 aliphatic rings. The second-order valence-corrected chi connectivity index (χ2v) is 9.62. The Hall–Kier alpha value is -1.57. The van der Waals surface area contributed by atoms with Crippen molar-refractivity contribution in [2.45, 2.75) is 44.3 Å². The average Bonchev–Trinajstić information content (AvgIpc) is 3.58. The van der Waals surface area contributed by atoms with Crippen LogP contribution in [0.4, 0.5) is 0 Å². The quantitative estimate of drug-likeness (QED) is 0.315. The van der Waals surface area contributed by atoms with Crippen LogP contribution in [-0.2, 0) is 42.4 Å². The predicted octanol–water partition coefficient (Wildman–Crippen LogP) is -1.76. The van der Waals surface area contributed by atoms with Crippen molar-refractivity contribution in [2.24, 2.45) is 0 Å². The van der Waals surface area contributed by atoms with E-state index in [1.54, 1.807) is 0 Å². The van der Waals surface area contributed by atoms with E-state index in [1.807, 2.05) is 0 Å². The van der Waals surface area contributed by atoms with E-state index in [1.165, 1.54) is 21.3 Å². The Morgan fingerprint density at radius 3 is 1.63 bits per heavy atom. The van der Waals surface area contributed by atoms with E-state index in [-0.39, 0.29) is 31.8 Å². The molecule has 11 nitrogen and oxygen atoms in total. The van der Waals surface area contributed by atoms with Gasteiger partial charge in [0.25, 0.3) is 0 Å². The monoisotopic (exact) mass is 403 g/mol. The minimum atomic E-state index is -2.81. The smallest absolute Gasteiger partial charge is 0.377 e. The summed E-state index contributed by atoms with van der Waals surface area (Å²) in [4.78, 5) is 38.1. The van der Waals surface area contributed by atoms with Gasteiger partial charge in [0, 0.05) is 33.9 Å². The van der Waals surface area contributed by atoms with E-state index in [4.69, 9.17) is 22.8 Å². The van der Waals surface area contributed by atoms with Crippen molar-refractivity contribution < 1.29 is 22.8 Å². The Bertz CT molecular complexity index is 774. The molecule has 1 aromatic rings. The van der Waals surface area contributed by atoms with Crippen LogP contribution in [0.5, 0.6) is 0 Å². The first-order valence-corrected chi connectivity index (χ1v) is 10.7. The maximum atomic E-state index is 12.7. The standard InChI is InChI=1S/C15H25N3O8Si/c1-22-27(23-2,24-3)6-4-5-16-13(19)17(7-11-9-25-11)15(21)18(14(16)20)8-12-10-26-12/h11-12H,4-10H2,1-3H3. The molecule has 0 spiro atoms. The first kappa shape index (κ1) is 20.2. The van der Waals surface area contributed by atoms with Gasteiger partial charge in [-0.2, -0.15) is 0 Å². The molecular formula is C15H25N3O8Si. The molecule has 0 amide bonds. The number of hydrogen-bond donors (Lipinski definition) is 0. The number of aromatic nitrogens is 3. The topological polar surface area (TPSA) is 119 Å². The molecule has 2 atom stereocenters. The van der Waals surface area contributed by atoms with Crippen LogP contribution >= 0.6 is 0 Å². The van der Waals surface area contributed by atoms with Crippen LogP contribution in [0.25, 0.3) is 0 Å². The van der Waals surface area contributed by atoms with E-state index in [0.29, 0.717) is 25.7 Å². The molecule has 27 heavy (non-hydrogen) atoms. The fourth-order valence-corrected chi connectivity index (χ4v) is 4.65. The number of hydrogen-bond acceptors (Lipinski definition) is 8. The molecule has 2 unspecified atom stereocenters. The molecule has 0 N–H and O–H groups in total. The summed E-state index contributed by atoms with van der Waals surface area (Å²) in [5, 5.41) is 0. The van der Waals surface area contributed by atoms with Crippen LogP contribution in [0.3, 0.4) is 0 Å². The number of nitrogens with zero attached hydrogens (tertiary/aromatic N) is 3. The average molecular weight is 403 g/mol. The summed E-state index contributed by atoms with van der Waals surface area (Å²) >= 11 is 0. The zero-order chi connectivity index (χ0) is 19.6. The van der Waals surface area contributed by atoms with Crippen molar-refractivity contribution in [3.8, 4) is 0 Å². The van der Waals surface area contributed by atoms with Gasteiger partial charge >= 0.3 is 25.9 Å². The minimum Gasteiger partial charge on any atom is -0.377 e. The van der Waals surface area contributed by atoms with Crippen molar-refractivity contribution in [2.75, 3.05) is 34.5 Å². The zero-order valence-electron chi connectivity index (χ0n) is 15.7.